The van der Waals surface area contributed by atoms with Crippen LogP contribution in [0.25, 0.3) is 33.8 Å². The van der Waals surface area contributed by atoms with Gasteiger partial charge in [-0.05, 0) is 18.2 Å². The van der Waals surface area contributed by atoms with Crippen LogP contribution < -0.4 is 20.1 Å². The Kier molecular flexibility index (Phi) is 8.42. The van der Waals surface area contributed by atoms with Crippen LogP contribution in [0.5, 0.6) is 11.8 Å². The lowest BCUT2D eigenvalue weighted by molar-refractivity contribution is -0.121. The van der Waals surface area contributed by atoms with Crippen molar-refractivity contribution in [3.8, 4) is 45.5 Å². The van der Waals surface area contributed by atoms with Crippen LogP contribution in [-0.4, -0.2) is 90.1 Å². The number of likely N-dealkylation sites (tertiary alicyclic amines) is 2. The molecule has 2 spiro atoms. The number of halogens is 2. The Morgan fingerprint density at radius 1 is 0.700 bits per heavy atom. The van der Waals surface area contributed by atoms with Gasteiger partial charge in [0.2, 0.25) is 23.6 Å². The van der Waals surface area contributed by atoms with E-state index in [1.807, 2.05) is 48.5 Å². The van der Waals surface area contributed by atoms with E-state index in [1.54, 1.807) is 20.4 Å². The highest BCUT2D eigenvalue weighted by atomic mass is 35.5. The van der Waals surface area contributed by atoms with Gasteiger partial charge in [-0.2, -0.15) is 0 Å². The van der Waals surface area contributed by atoms with Crippen LogP contribution in [0.2, 0.25) is 10.0 Å². The third kappa shape index (κ3) is 5.96. The lowest BCUT2D eigenvalue weighted by Crippen LogP contribution is -2.56. The molecule has 0 radical (unpaired) electrons. The first-order valence-electron chi connectivity index (χ1n) is 16.7. The highest BCUT2D eigenvalue weighted by Gasteiger charge is 2.49. The Bertz CT molecular complexity index is 1870. The van der Waals surface area contributed by atoms with Crippen LogP contribution in [0.3, 0.4) is 0 Å². The van der Waals surface area contributed by atoms with Crippen molar-refractivity contribution in [3.05, 3.63) is 75.9 Å². The van der Waals surface area contributed by atoms with E-state index in [0.717, 1.165) is 61.5 Å². The second-order valence-corrected chi connectivity index (χ2v) is 14.9. The van der Waals surface area contributed by atoms with Gasteiger partial charge in [-0.25, -0.2) is 9.97 Å². The summed E-state index contributed by atoms with van der Waals surface area (Å²) in [6.07, 6.45) is 2.88. The van der Waals surface area contributed by atoms with Gasteiger partial charge >= 0.3 is 0 Å². The summed E-state index contributed by atoms with van der Waals surface area (Å²) in [6.45, 7) is 6.31. The number of ether oxygens (including phenoxy) is 2. The lowest BCUT2D eigenvalue weighted by Gasteiger charge is -2.47. The Morgan fingerprint density at radius 3 is 1.76 bits per heavy atom. The number of nitrogens with one attached hydrogen (secondary N) is 2. The number of hydrogen-bond acceptors (Lipinski definition) is 9. The largest absolute Gasteiger partial charge is 0.481 e. The summed E-state index contributed by atoms with van der Waals surface area (Å²) >= 11 is 14.2. The molecule has 13 heteroatoms. The van der Waals surface area contributed by atoms with Gasteiger partial charge in [0, 0.05) is 110 Å². The maximum Gasteiger partial charge on any atom is 0.220 e. The lowest BCUT2D eigenvalue weighted by atomic mass is 9.79. The number of benzene rings is 1. The molecule has 1 aromatic carbocycles. The standard InChI is InChI=1S/C37H37Cl2N7O4/c1-49-34-22(14-45-18-36(19-45)12-29(47)41-16-36)6-8-27(43-34)26-5-3-4-24(31(26)38)25-10-11-40-33(32(25)39)28-9-7-23(35(44-28)50-2)15-46-20-37(21-46)13-30(48)42-17-37/h3-11H,12-21H2,1-2H3,(H,41,47)(H,42,48). The molecule has 4 aliphatic heterocycles. The molecule has 0 atom stereocenters. The van der Waals surface area contributed by atoms with Crippen LogP contribution in [0.1, 0.15) is 24.0 Å². The minimum atomic E-state index is 0.0506. The number of nitrogens with zero attached hydrogens (tertiary/aromatic N) is 5. The third-order valence-electron chi connectivity index (χ3n) is 10.4. The van der Waals surface area contributed by atoms with Crippen molar-refractivity contribution >= 4 is 35.0 Å². The molecule has 4 saturated heterocycles. The minimum absolute atomic E-state index is 0.0506. The summed E-state index contributed by atoms with van der Waals surface area (Å²) < 4.78 is 11.4. The fourth-order valence-electron chi connectivity index (χ4n) is 8.04. The van der Waals surface area contributed by atoms with Gasteiger partial charge < -0.3 is 20.1 Å². The SMILES string of the molecule is COc1nc(-c2cccc(-c3ccnc(-c4ccc(CN5CC6(CNC(=O)C6)C5)c(OC)n4)c3Cl)c2Cl)ccc1CN1CC2(CNC(=O)C2)C1. The van der Waals surface area contributed by atoms with Crippen molar-refractivity contribution in [1.29, 1.82) is 0 Å². The van der Waals surface area contributed by atoms with Gasteiger partial charge in [-0.3, -0.25) is 24.4 Å². The minimum Gasteiger partial charge on any atom is -0.481 e. The first-order chi connectivity index (χ1) is 24.2. The average Bonchev–Trinajstić information content (AvgIpc) is 3.68. The van der Waals surface area contributed by atoms with Gasteiger partial charge in [-0.1, -0.05) is 53.5 Å². The summed E-state index contributed by atoms with van der Waals surface area (Å²) in [5.74, 6) is 1.32. The second kappa shape index (κ2) is 12.8. The van der Waals surface area contributed by atoms with E-state index >= 15 is 0 Å². The van der Waals surface area contributed by atoms with Crippen molar-refractivity contribution in [2.75, 3.05) is 53.5 Å². The fraction of sp³-hybridized carbons (Fsp3) is 0.378. The number of carbonyl (C=O) groups is 2. The van der Waals surface area contributed by atoms with E-state index in [-0.39, 0.29) is 22.6 Å². The third-order valence-corrected chi connectivity index (χ3v) is 11.2. The monoisotopic (exact) mass is 713 g/mol. The van der Waals surface area contributed by atoms with E-state index in [9.17, 15) is 9.59 Å². The van der Waals surface area contributed by atoms with Gasteiger partial charge in [-0.15, -0.1) is 0 Å². The smallest absolute Gasteiger partial charge is 0.220 e. The second-order valence-electron chi connectivity index (χ2n) is 14.1. The molecule has 0 unspecified atom stereocenters. The van der Waals surface area contributed by atoms with Crippen LogP contribution in [0.15, 0.2) is 54.7 Å². The van der Waals surface area contributed by atoms with Crippen LogP contribution >= 0.6 is 23.2 Å². The maximum absolute atomic E-state index is 11.7. The van der Waals surface area contributed by atoms with Crippen molar-refractivity contribution in [1.82, 2.24) is 35.4 Å². The first-order valence-corrected chi connectivity index (χ1v) is 17.4. The molecule has 3 aromatic heterocycles. The van der Waals surface area contributed by atoms with Crippen molar-refractivity contribution in [2.24, 2.45) is 10.8 Å². The van der Waals surface area contributed by atoms with Gasteiger partial charge in [0.25, 0.3) is 0 Å². The van der Waals surface area contributed by atoms with Crippen LogP contribution in [0, 0.1) is 10.8 Å². The number of pyridine rings is 3. The quantitative estimate of drug-likeness (QED) is 0.251. The van der Waals surface area contributed by atoms with Crippen LogP contribution in [0.4, 0.5) is 0 Å². The summed E-state index contributed by atoms with van der Waals surface area (Å²) in [5.41, 5.74) is 6.02. The van der Waals surface area contributed by atoms with Crippen molar-refractivity contribution in [3.63, 3.8) is 0 Å². The average molecular weight is 715 g/mol. The number of carbonyl (C=O) groups excluding carboxylic acids is 2. The Labute approximate surface area is 300 Å². The number of methoxy groups -OCH3 is 2. The number of rotatable bonds is 9. The molecule has 2 amide bonds. The normalized spacial score (nSPS) is 19.3. The Morgan fingerprint density at radius 2 is 1.22 bits per heavy atom. The topological polar surface area (TPSA) is 122 Å². The summed E-state index contributed by atoms with van der Waals surface area (Å²) in [7, 11) is 3.23. The Hall–Kier alpha value is -4.29. The maximum atomic E-state index is 11.7. The summed E-state index contributed by atoms with van der Waals surface area (Å²) in [6, 6.07) is 15.5. The molecular weight excluding hydrogens is 677 g/mol. The molecule has 11 nitrogen and oxygen atoms in total. The van der Waals surface area contributed by atoms with Gasteiger partial charge in [0.05, 0.1) is 35.7 Å². The van der Waals surface area contributed by atoms with Crippen LogP contribution in [-0.2, 0) is 22.7 Å². The molecule has 50 heavy (non-hydrogen) atoms. The van der Waals surface area contributed by atoms with E-state index < -0.39 is 0 Å². The van der Waals surface area contributed by atoms with Crippen molar-refractivity contribution < 1.29 is 19.1 Å². The number of hydrogen-bond donors (Lipinski definition) is 2. The Balaban J connectivity index is 1.01. The van der Waals surface area contributed by atoms with E-state index in [0.29, 0.717) is 70.4 Å². The first kappa shape index (κ1) is 32.9. The molecule has 0 bridgehead atoms. The van der Waals surface area contributed by atoms with Crippen molar-refractivity contribution in [2.45, 2.75) is 25.9 Å². The molecule has 258 valence electrons. The molecule has 7 heterocycles. The zero-order valence-electron chi connectivity index (χ0n) is 27.9. The zero-order valence-corrected chi connectivity index (χ0v) is 29.4. The zero-order chi connectivity index (χ0) is 34.6. The molecule has 8 rings (SSSR count). The highest BCUT2D eigenvalue weighted by Crippen LogP contribution is 2.43. The molecule has 4 fully saturated rings. The number of amides is 2. The highest BCUT2D eigenvalue weighted by molar-refractivity contribution is 6.39. The molecule has 0 saturated carbocycles. The molecular formula is C37H37Cl2N7O4. The van der Waals surface area contributed by atoms with Gasteiger partial charge in [0.15, 0.2) is 0 Å². The molecule has 4 aromatic rings. The fourth-order valence-corrected chi connectivity index (χ4v) is 8.68. The van der Waals surface area contributed by atoms with Gasteiger partial charge in [0.1, 0.15) is 5.69 Å². The van der Waals surface area contributed by atoms with E-state index in [1.165, 1.54) is 0 Å². The predicted octanol–water partition coefficient (Wildman–Crippen LogP) is 4.84. The molecule has 0 aliphatic carbocycles. The predicted molar refractivity (Wildman–Crippen MR) is 190 cm³/mol. The molecule has 4 aliphatic rings. The number of aromatic nitrogens is 3. The van der Waals surface area contributed by atoms with E-state index in [2.05, 4.69) is 25.4 Å². The summed E-state index contributed by atoms with van der Waals surface area (Å²) in [4.78, 5) is 42.3. The molecule has 2 N–H and O–H groups in total. The van der Waals surface area contributed by atoms with E-state index in [4.69, 9.17) is 42.6 Å². The summed E-state index contributed by atoms with van der Waals surface area (Å²) in [5, 5.41) is 6.84.